The maximum atomic E-state index is 5.71. The van der Waals surface area contributed by atoms with Gasteiger partial charge in [0.15, 0.2) is 23.2 Å². The van der Waals surface area contributed by atoms with Gasteiger partial charge in [0.25, 0.3) is 0 Å². The Hall–Kier alpha value is -1.70. The van der Waals surface area contributed by atoms with E-state index >= 15 is 0 Å². The lowest BCUT2D eigenvalue weighted by Crippen LogP contribution is -2.35. The lowest BCUT2D eigenvalue weighted by Gasteiger charge is -2.31. The molecule has 6 nitrogen and oxygen atoms in total. The van der Waals surface area contributed by atoms with Crippen molar-refractivity contribution in [1.82, 2.24) is 4.98 Å². The summed E-state index contributed by atoms with van der Waals surface area (Å²) in [5, 5.41) is 7.11. The smallest absolute Gasteiger partial charge is 0.169 e. The minimum Gasteiger partial charge on any atom is -0.459 e. The van der Waals surface area contributed by atoms with Gasteiger partial charge in [-0.2, -0.15) is 0 Å². The topological polar surface area (TPSA) is 66.1 Å². The molecule has 24 heavy (non-hydrogen) atoms. The van der Waals surface area contributed by atoms with Crippen molar-refractivity contribution in [3.8, 4) is 10.8 Å². The molecule has 1 spiro atoms. The summed E-state index contributed by atoms with van der Waals surface area (Å²) in [6, 6.07) is 3.87. The van der Waals surface area contributed by atoms with E-state index < -0.39 is 0 Å². The highest BCUT2D eigenvalue weighted by Gasteiger charge is 2.39. The summed E-state index contributed by atoms with van der Waals surface area (Å²) >= 11 is 1.55. The van der Waals surface area contributed by atoms with E-state index in [0.717, 1.165) is 53.6 Å². The molecular formula is C17H20N2O4S. The molecular weight excluding hydrogens is 328 g/mol. The number of aryl methyl sites for hydroxylation is 1. The molecule has 0 radical (unpaired) electrons. The summed E-state index contributed by atoms with van der Waals surface area (Å²) < 4.78 is 17.0. The van der Waals surface area contributed by atoms with Crippen LogP contribution in [0.4, 0.5) is 0 Å². The zero-order valence-electron chi connectivity index (χ0n) is 13.6. The maximum absolute atomic E-state index is 5.71. The average molecular weight is 348 g/mol. The number of oxime groups is 1. The molecule has 128 valence electrons. The first-order valence-corrected chi connectivity index (χ1v) is 9.07. The van der Waals surface area contributed by atoms with Gasteiger partial charge in [-0.3, -0.25) is 0 Å². The van der Waals surface area contributed by atoms with Crippen LogP contribution in [-0.2, 0) is 20.9 Å². The molecule has 2 fully saturated rings. The van der Waals surface area contributed by atoms with Crippen molar-refractivity contribution in [3.63, 3.8) is 0 Å². The Morgan fingerprint density at radius 2 is 2.04 bits per heavy atom. The van der Waals surface area contributed by atoms with E-state index in [9.17, 15) is 0 Å². The number of thiazole rings is 1. The fourth-order valence-electron chi connectivity index (χ4n) is 3.02. The van der Waals surface area contributed by atoms with E-state index in [0.29, 0.717) is 19.8 Å². The quantitative estimate of drug-likeness (QED) is 0.784. The Labute approximate surface area is 144 Å². The van der Waals surface area contributed by atoms with E-state index in [1.807, 2.05) is 24.4 Å². The highest BCUT2D eigenvalue weighted by Crippen LogP contribution is 2.34. The van der Waals surface area contributed by atoms with Crippen molar-refractivity contribution < 1.29 is 18.7 Å². The molecule has 0 atom stereocenters. The van der Waals surface area contributed by atoms with Gasteiger partial charge in [-0.05, 0) is 31.9 Å². The lowest BCUT2D eigenvalue weighted by molar-refractivity contribution is -0.168. The first-order valence-electron chi connectivity index (χ1n) is 8.19. The first kappa shape index (κ1) is 15.8. The van der Waals surface area contributed by atoms with Gasteiger partial charge in [-0.25, -0.2) is 4.98 Å². The Kier molecular flexibility index (Phi) is 4.39. The molecule has 0 bridgehead atoms. The molecule has 0 amide bonds. The third-order valence-corrected chi connectivity index (χ3v) is 5.22. The summed E-state index contributed by atoms with van der Waals surface area (Å²) in [5.41, 5.74) is 1.93. The molecule has 2 aromatic rings. The number of aromatic nitrogens is 1. The zero-order valence-corrected chi connectivity index (χ0v) is 14.4. The number of hydrogen-bond acceptors (Lipinski definition) is 7. The molecule has 0 aromatic carbocycles. The van der Waals surface area contributed by atoms with Crippen LogP contribution in [0.25, 0.3) is 10.8 Å². The first-order chi connectivity index (χ1) is 11.7. The third kappa shape index (κ3) is 3.38. The second-order valence-electron chi connectivity index (χ2n) is 6.09. The Morgan fingerprint density at radius 3 is 2.75 bits per heavy atom. The number of furan rings is 1. The highest BCUT2D eigenvalue weighted by atomic mass is 32.1. The number of rotatable bonds is 4. The standard InChI is InChI=1S/C17H20N2O4S/c1-12-2-3-15(23-12)16-18-14(11-24-16)10-22-19-13-4-6-17(7-5-13)20-8-9-21-17/h2-3,11H,4-10H2,1H3. The normalized spacial score (nSPS) is 19.8. The summed E-state index contributed by atoms with van der Waals surface area (Å²) in [5.74, 6) is 1.32. The van der Waals surface area contributed by atoms with Gasteiger partial charge >= 0.3 is 0 Å². The van der Waals surface area contributed by atoms with Crippen LogP contribution in [0.1, 0.15) is 37.1 Å². The van der Waals surface area contributed by atoms with Crippen molar-refractivity contribution in [2.24, 2.45) is 5.16 Å². The van der Waals surface area contributed by atoms with Crippen LogP contribution in [0, 0.1) is 6.92 Å². The van der Waals surface area contributed by atoms with Crippen molar-refractivity contribution in [2.75, 3.05) is 13.2 Å². The lowest BCUT2D eigenvalue weighted by atomic mass is 9.92. The average Bonchev–Trinajstić information content (AvgIpc) is 3.31. The predicted octanol–water partition coefficient (Wildman–Crippen LogP) is 3.90. The summed E-state index contributed by atoms with van der Waals surface area (Å²) in [6.45, 7) is 3.69. The largest absolute Gasteiger partial charge is 0.459 e. The minimum atomic E-state index is -0.357. The summed E-state index contributed by atoms with van der Waals surface area (Å²) in [6.07, 6.45) is 3.42. The fourth-order valence-corrected chi connectivity index (χ4v) is 3.79. The molecule has 0 N–H and O–H groups in total. The fraction of sp³-hybridized carbons (Fsp3) is 0.529. The molecule has 1 saturated carbocycles. The molecule has 4 rings (SSSR count). The third-order valence-electron chi connectivity index (χ3n) is 4.31. The van der Waals surface area contributed by atoms with Crippen LogP contribution in [0.3, 0.4) is 0 Å². The Balaban J connectivity index is 1.29. The van der Waals surface area contributed by atoms with Crippen LogP contribution in [-0.4, -0.2) is 29.7 Å². The Bertz CT molecular complexity index is 719. The van der Waals surface area contributed by atoms with Crippen LogP contribution < -0.4 is 0 Å². The van der Waals surface area contributed by atoms with E-state index in [4.69, 9.17) is 18.7 Å². The number of hydrogen-bond donors (Lipinski definition) is 0. The monoisotopic (exact) mass is 348 g/mol. The summed E-state index contributed by atoms with van der Waals surface area (Å²) in [4.78, 5) is 10.0. The molecule has 0 unspecified atom stereocenters. The van der Waals surface area contributed by atoms with E-state index in [1.54, 1.807) is 11.3 Å². The van der Waals surface area contributed by atoms with Gasteiger partial charge in [0.2, 0.25) is 0 Å². The number of nitrogens with zero attached hydrogens (tertiary/aromatic N) is 2. The summed E-state index contributed by atoms with van der Waals surface area (Å²) in [7, 11) is 0. The second kappa shape index (κ2) is 6.66. The molecule has 1 aliphatic heterocycles. The van der Waals surface area contributed by atoms with Crippen LogP contribution in [0.5, 0.6) is 0 Å². The number of ether oxygens (including phenoxy) is 2. The van der Waals surface area contributed by atoms with Gasteiger partial charge in [0, 0.05) is 18.2 Å². The van der Waals surface area contributed by atoms with Gasteiger partial charge in [-0.1, -0.05) is 5.16 Å². The van der Waals surface area contributed by atoms with Crippen LogP contribution >= 0.6 is 11.3 Å². The van der Waals surface area contributed by atoms with E-state index in [-0.39, 0.29) is 5.79 Å². The van der Waals surface area contributed by atoms with Crippen molar-refractivity contribution in [2.45, 2.75) is 45.0 Å². The van der Waals surface area contributed by atoms with Gasteiger partial charge in [0.05, 0.1) is 24.6 Å². The second-order valence-corrected chi connectivity index (χ2v) is 6.95. The van der Waals surface area contributed by atoms with Gasteiger partial charge in [0.1, 0.15) is 5.76 Å². The van der Waals surface area contributed by atoms with Crippen LogP contribution in [0.2, 0.25) is 0 Å². The molecule has 3 heterocycles. The van der Waals surface area contributed by atoms with Crippen molar-refractivity contribution in [3.05, 3.63) is 29.0 Å². The zero-order chi connectivity index (χ0) is 16.4. The van der Waals surface area contributed by atoms with Gasteiger partial charge < -0.3 is 18.7 Å². The van der Waals surface area contributed by atoms with Gasteiger partial charge in [-0.15, -0.1) is 11.3 Å². The minimum absolute atomic E-state index is 0.357. The molecule has 2 aliphatic rings. The molecule has 7 heteroatoms. The van der Waals surface area contributed by atoms with E-state index in [1.165, 1.54) is 0 Å². The van der Waals surface area contributed by atoms with Crippen molar-refractivity contribution >= 4 is 17.0 Å². The van der Waals surface area contributed by atoms with E-state index in [2.05, 4.69) is 10.1 Å². The van der Waals surface area contributed by atoms with Crippen LogP contribution in [0.15, 0.2) is 27.1 Å². The predicted molar refractivity (Wildman–Crippen MR) is 89.9 cm³/mol. The SMILES string of the molecule is Cc1ccc(-c2nc(CON=C3CCC4(CC3)OCCO4)cs2)o1. The molecule has 1 saturated heterocycles. The molecule has 1 aliphatic carbocycles. The van der Waals surface area contributed by atoms with Crippen molar-refractivity contribution in [1.29, 1.82) is 0 Å². The Morgan fingerprint density at radius 1 is 1.25 bits per heavy atom. The molecule has 2 aromatic heterocycles. The highest BCUT2D eigenvalue weighted by molar-refractivity contribution is 7.13. The maximum Gasteiger partial charge on any atom is 0.169 e.